The quantitative estimate of drug-likeness (QED) is 0.750. The lowest BCUT2D eigenvalue weighted by atomic mass is 10.1. The van der Waals surface area contributed by atoms with Crippen LogP contribution in [0.1, 0.15) is 17.3 Å². The number of esters is 1. The van der Waals surface area contributed by atoms with E-state index in [4.69, 9.17) is 25.8 Å². The molecule has 0 aromatic heterocycles. The average Bonchev–Trinajstić information content (AvgIpc) is 2.71. The number of nitrogens with one attached hydrogen (secondary N) is 1. The first-order chi connectivity index (χ1) is 13.8. The van der Waals surface area contributed by atoms with Crippen LogP contribution < -0.4 is 19.7 Å². The van der Waals surface area contributed by atoms with E-state index in [0.29, 0.717) is 11.4 Å². The highest BCUT2D eigenvalue weighted by Crippen LogP contribution is 2.36. The number of amides is 2. The topological polar surface area (TPSA) is 94.2 Å². The fourth-order valence-electron chi connectivity index (χ4n) is 2.96. The lowest BCUT2D eigenvalue weighted by Crippen LogP contribution is -2.47. The fraction of sp³-hybridized carbons (Fsp3) is 0.250. The number of rotatable bonds is 5. The maximum absolute atomic E-state index is 12.9. The van der Waals surface area contributed by atoms with Crippen LogP contribution in [-0.2, 0) is 14.3 Å². The van der Waals surface area contributed by atoms with Gasteiger partial charge in [0.1, 0.15) is 6.54 Å². The summed E-state index contributed by atoms with van der Waals surface area (Å²) in [5, 5.41) is 2.87. The van der Waals surface area contributed by atoms with Crippen LogP contribution >= 0.6 is 11.6 Å². The second kappa shape index (κ2) is 8.40. The van der Waals surface area contributed by atoms with Gasteiger partial charge in [0.2, 0.25) is 5.91 Å². The molecule has 3 rings (SSSR count). The van der Waals surface area contributed by atoms with Crippen molar-refractivity contribution in [1.82, 2.24) is 0 Å². The highest BCUT2D eigenvalue weighted by atomic mass is 35.5. The van der Waals surface area contributed by atoms with Crippen molar-refractivity contribution in [2.24, 2.45) is 0 Å². The first-order valence-corrected chi connectivity index (χ1v) is 9.06. The fourth-order valence-corrected chi connectivity index (χ4v) is 3.25. The molecule has 0 radical (unpaired) electrons. The smallest absolute Gasteiger partial charge is 0.339 e. The zero-order valence-electron chi connectivity index (χ0n) is 16.0. The van der Waals surface area contributed by atoms with Crippen molar-refractivity contribution in [3.8, 4) is 11.5 Å². The standard InChI is InChI=1S/C20H19ClN2O6/c1-11(19(25)23-10-17(24)22-14-6-4-5-7-15(14)23)29-20(26)12-8-13(21)18(28-3)16(9-12)27-2/h4-9,11H,10H2,1-3H3,(H,22,24)/t11-/m0/s1. The minimum atomic E-state index is -1.13. The molecule has 0 bridgehead atoms. The summed E-state index contributed by atoms with van der Waals surface area (Å²) < 4.78 is 15.6. The van der Waals surface area contributed by atoms with Gasteiger partial charge < -0.3 is 19.5 Å². The molecule has 0 saturated carbocycles. The zero-order valence-corrected chi connectivity index (χ0v) is 16.8. The highest BCUT2D eigenvalue weighted by Gasteiger charge is 2.31. The molecule has 2 aromatic carbocycles. The number of fused-ring (bicyclic) bond motifs is 1. The Hall–Kier alpha value is -3.26. The van der Waals surface area contributed by atoms with E-state index in [0.717, 1.165) is 0 Å². The number of carbonyl (C=O) groups is 3. The number of ether oxygens (including phenoxy) is 3. The summed E-state index contributed by atoms with van der Waals surface area (Å²) in [6.45, 7) is 1.28. The van der Waals surface area contributed by atoms with Crippen molar-refractivity contribution in [2.75, 3.05) is 31.0 Å². The average molecular weight is 419 g/mol. The minimum absolute atomic E-state index is 0.101. The van der Waals surface area contributed by atoms with E-state index in [9.17, 15) is 14.4 Å². The Morgan fingerprint density at radius 2 is 1.90 bits per heavy atom. The Balaban J connectivity index is 1.79. The second-order valence-electron chi connectivity index (χ2n) is 6.23. The van der Waals surface area contributed by atoms with Crippen molar-refractivity contribution in [2.45, 2.75) is 13.0 Å². The van der Waals surface area contributed by atoms with E-state index in [1.165, 1.54) is 38.2 Å². The molecular formula is C20H19ClN2O6. The number of hydrogen-bond donors (Lipinski definition) is 1. The Morgan fingerprint density at radius 1 is 1.17 bits per heavy atom. The molecule has 0 unspecified atom stereocenters. The largest absolute Gasteiger partial charge is 0.493 e. The van der Waals surface area contributed by atoms with Crippen LogP contribution in [0, 0.1) is 0 Å². The van der Waals surface area contributed by atoms with Gasteiger partial charge in [-0.3, -0.25) is 14.5 Å². The molecule has 8 nitrogen and oxygen atoms in total. The van der Waals surface area contributed by atoms with Gasteiger partial charge >= 0.3 is 5.97 Å². The van der Waals surface area contributed by atoms with Crippen molar-refractivity contribution in [3.05, 3.63) is 47.0 Å². The number of carbonyl (C=O) groups excluding carboxylic acids is 3. The SMILES string of the molecule is COc1cc(C(=O)O[C@@H](C)C(=O)N2CC(=O)Nc3ccccc32)cc(Cl)c1OC. The Bertz CT molecular complexity index is 977. The van der Waals surface area contributed by atoms with E-state index >= 15 is 0 Å². The number of para-hydroxylation sites is 2. The van der Waals surface area contributed by atoms with Crippen LogP contribution in [0.15, 0.2) is 36.4 Å². The van der Waals surface area contributed by atoms with Crippen LogP contribution in [0.3, 0.4) is 0 Å². The highest BCUT2D eigenvalue weighted by molar-refractivity contribution is 6.32. The Kier molecular flexibility index (Phi) is 5.93. The van der Waals surface area contributed by atoms with Gasteiger partial charge in [-0.15, -0.1) is 0 Å². The summed E-state index contributed by atoms with van der Waals surface area (Å²) in [5.74, 6) is -1.07. The van der Waals surface area contributed by atoms with Gasteiger partial charge in [0.05, 0.1) is 36.2 Å². The first kappa shape index (κ1) is 20.5. The van der Waals surface area contributed by atoms with Crippen molar-refractivity contribution >= 4 is 40.8 Å². The molecular weight excluding hydrogens is 400 g/mol. The predicted molar refractivity (Wildman–Crippen MR) is 107 cm³/mol. The van der Waals surface area contributed by atoms with Crippen molar-refractivity contribution in [1.29, 1.82) is 0 Å². The third kappa shape index (κ3) is 4.12. The third-order valence-corrected chi connectivity index (χ3v) is 4.62. The normalized spacial score (nSPS) is 13.8. The molecule has 0 aliphatic carbocycles. The van der Waals surface area contributed by atoms with E-state index in [1.54, 1.807) is 24.3 Å². The Labute approximate surface area is 172 Å². The van der Waals surface area contributed by atoms with Gasteiger partial charge in [0.25, 0.3) is 5.91 Å². The summed E-state index contributed by atoms with van der Waals surface area (Å²) in [7, 11) is 2.84. The number of methoxy groups -OCH3 is 2. The molecule has 1 heterocycles. The van der Waals surface area contributed by atoms with Gasteiger partial charge in [-0.25, -0.2) is 4.79 Å². The Morgan fingerprint density at radius 3 is 2.59 bits per heavy atom. The van der Waals surface area contributed by atoms with Crippen molar-refractivity contribution < 1.29 is 28.6 Å². The summed E-state index contributed by atoms with van der Waals surface area (Å²) in [6.07, 6.45) is -1.13. The molecule has 9 heteroatoms. The summed E-state index contributed by atoms with van der Waals surface area (Å²) >= 11 is 6.12. The summed E-state index contributed by atoms with van der Waals surface area (Å²) in [6, 6.07) is 9.67. The minimum Gasteiger partial charge on any atom is -0.493 e. The predicted octanol–water partition coefficient (Wildman–Crippen LogP) is 2.89. The van der Waals surface area contributed by atoms with Gasteiger partial charge in [-0.1, -0.05) is 23.7 Å². The molecule has 0 spiro atoms. The van der Waals surface area contributed by atoms with Crippen LogP contribution in [-0.4, -0.2) is 44.7 Å². The van der Waals surface area contributed by atoms with E-state index in [-0.39, 0.29) is 34.5 Å². The molecule has 29 heavy (non-hydrogen) atoms. The third-order valence-electron chi connectivity index (χ3n) is 4.34. The van der Waals surface area contributed by atoms with Gasteiger partial charge in [0, 0.05) is 0 Å². The summed E-state index contributed by atoms with van der Waals surface area (Å²) in [5.41, 5.74) is 1.15. The van der Waals surface area contributed by atoms with Gasteiger partial charge in [0.15, 0.2) is 17.6 Å². The molecule has 1 aliphatic rings. The number of halogens is 1. The van der Waals surface area contributed by atoms with Crippen LogP contribution in [0.5, 0.6) is 11.5 Å². The maximum atomic E-state index is 12.9. The lowest BCUT2D eigenvalue weighted by molar-refractivity contribution is -0.128. The number of hydrogen-bond acceptors (Lipinski definition) is 6. The summed E-state index contributed by atoms with van der Waals surface area (Å²) in [4.78, 5) is 38.6. The molecule has 0 fully saturated rings. The second-order valence-corrected chi connectivity index (χ2v) is 6.64. The van der Waals surface area contributed by atoms with E-state index in [2.05, 4.69) is 5.32 Å². The molecule has 1 aliphatic heterocycles. The van der Waals surface area contributed by atoms with Crippen LogP contribution in [0.4, 0.5) is 11.4 Å². The molecule has 1 N–H and O–H groups in total. The monoisotopic (exact) mass is 418 g/mol. The molecule has 2 amide bonds. The molecule has 2 aromatic rings. The molecule has 0 saturated heterocycles. The van der Waals surface area contributed by atoms with Crippen LogP contribution in [0.2, 0.25) is 5.02 Å². The number of benzene rings is 2. The van der Waals surface area contributed by atoms with Crippen molar-refractivity contribution in [3.63, 3.8) is 0 Å². The van der Waals surface area contributed by atoms with Gasteiger partial charge in [-0.05, 0) is 31.2 Å². The number of anilines is 2. The first-order valence-electron chi connectivity index (χ1n) is 8.68. The van der Waals surface area contributed by atoms with Gasteiger partial charge in [-0.2, -0.15) is 0 Å². The molecule has 152 valence electrons. The van der Waals surface area contributed by atoms with Crippen LogP contribution in [0.25, 0.3) is 0 Å². The molecule has 1 atom stereocenters. The maximum Gasteiger partial charge on any atom is 0.339 e. The zero-order chi connectivity index (χ0) is 21.1. The lowest BCUT2D eigenvalue weighted by Gasteiger charge is -2.30. The van der Waals surface area contributed by atoms with E-state index < -0.39 is 18.0 Å². The van der Waals surface area contributed by atoms with E-state index in [1.807, 2.05) is 0 Å². The number of nitrogens with zero attached hydrogens (tertiary/aromatic N) is 1.